The van der Waals surface area contributed by atoms with Crippen molar-refractivity contribution in [3.63, 3.8) is 0 Å². The van der Waals surface area contributed by atoms with Gasteiger partial charge in [-0.05, 0) is 55.3 Å². The summed E-state index contributed by atoms with van der Waals surface area (Å²) < 4.78 is 58.8. The molecule has 0 aliphatic carbocycles. The Morgan fingerprint density at radius 2 is 1.87 bits per heavy atom. The van der Waals surface area contributed by atoms with E-state index in [1.54, 1.807) is 54.3 Å². The number of alkyl halides is 3. The number of carbonyl (C=O) groups is 1. The van der Waals surface area contributed by atoms with Crippen molar-refractivity contribution in [1.82, 2.24) is 14.6 Å². The molecule has 5 rings (SSSR count). The van der Waals surface area contributed by atoms with E-state index in [4.69, 9.17) is 14.2 Å². The zero-order valence-electron chi connectivity index (χ0n) is 24.5. The highest BCUT2D eigenvalue weighted by Crippen LogP contribution is 2.34. The Morgan fingerprint density at radius 3 is 2.60 bits per heavy atom. The van der Waals surface area contributed by atoms with Gasteiger partial charge in [0.15, 0.2) is 23.9 Å². The molecule has 1 saturated heterocycles. The number of halogens is 3. The third-order valence-corrected chi connectivity index (χ3v) is 7.05. The number of rotatable bonds is 10. The van der Waals surface area contributed by atoms with Crippen molar-refractivity contribution in [2.24, 2.45) is 5.10 Å². The molecule has 1 fully saturated rings. The molecule has 0 spiro atoms. The molecule has 1 aromatic heterocycles. The monoisotopic (exact) mass is 620 g/mol. The van der Waals surface area contributed by atoms with Crippen LogP contribution in [0.15, 0.2) is 83.2 Å². The Bertz CT molecular complexity index is 1800. The average Bonchev–Trinajstić information content (AvgIpc) is 3.04. The van der Waals surface area contributed by atoms with Crippen molar-refractivity contribution >= 4 is 23.0 Å². The molecule has 0 unspecified atom stereocenters. The summed E-state index contributed by atoms with van der Waals surface area (Å²) in [6, 6.07) is 14.5. The van der Waals surface area contributed by atoms with Gasteiger partial charge in [-0.25, -0.2) is 4.98 Å². The first-order chi connectivity index (χ1) is 21.7. The lowest BCUT2D eigenvalue weighted by atomic mass is 10.1. The predicted molar refractivity (Wildman–Crippen MR) is 164 cm³/mol. The molecule has 0 N–H and O–H groups in total. The van der Waals surface area contributed by atoms with E-state index < -0.39 is 17.3 Å². The van der Waals surface area contributed by atoms with Gasteiger partial charge < -0.3 is 19.1 Å². The molecule has 12 heteroatoms. The van der Waals surface area contributed by atoms with Gasteiger partial charge in [0, 0.05) is 24.2 Å². The number of ether oxygens (including phenoxy) is 3. The summed E-state index contributed by atoms with van der Waals surface area (Å²) >= 11 is 0. The van der Waals surface area contributed by atoms with Crippen LogP contribution >= 0.6 is 0 Å². The van der Waals surface area contributed by atoms with Crippen LogP contribution in [0, 0.1) is 0 Å². The summed E-state index contributed by atoms with van der Waals surface area (Å²) in [5.41, 5.74) is 0.131. The number of fused-ring (bicyclic) bond motifs is 1. The molecule has 4 aromatic rings. The lowest BCUT2D eigenvalue weighted by Gasteiger charge is -2.27. The normalized spacial score (nSPS) is 13.7. The van der Waals surface area contributed by atoms with Gasteiger partial charge in [-0.1, -0.05) is 30.3 Å². The van der Waals surface area contributed by atoms with Crippen LogP contribution in [0.3, 0.4) is 0 Å². The molecule has 2 heterocycles. The Labute approximate surface area is 257 Å². The highest BCUT2D eigenvalue weighted by atomic mass is 19.4. The van der Waals surface area contributed by atoms with Gasteiger partial charge in [0.1, 0.15) is 0 Å². The van der Waals surface area contributed by atoms with Gasteiger partial charge in [-0.2, -0.15) is 22.9 Å². The Morgan fingerprint density at radius 1 is 1.09 bits per heavy atom. The van der Waals surface area contributed by atoms with E-state index in [-0.39, 0.29) is 29.3 Å². The second-order valence-corrected chi connectivity index (χ2v) is 10.1. The number of benzene rings is 3. The van der Waals surface area contributed by atoms with Crippen molar-refractivity contribution in [2.75, 3.05) is 39.5 Å². The van der Waals surface area contributed by atoms with Crippen LogP contribution in [0.2, 0.25) is 0 Å². The molecular formula is C33H31F3N4O5. The fourth-order valence-corrected chi connectivity index (χ4v) is 4.91. The molecule has 9 nitrogen and oxygen atoms in total. The third-order valence-electron chi connectivity index (χ3n) is 7.05. The van der Waals surface area contributed by atoms with E-state index in [0.29, 0.717) is 67.5 Å². The van der Waals surface area contributed by atoms with Gasteiger partial charge in [0.25, 0.3) is 11.5 Å². The summed E-state index contributed by atoms with van der Waals surface area (Å²) in [6.07, 6.45) is -1.15. The molecule has 1 amide bonds. The quantitative estimate of drug-likeness (QED) is 0.176. The predicted octanol–water partition coefficient (Wildman–Crippen LogP) is 5.33. The highest BCUT2D eigenvalue weighted by Gasteiger charge is 2.31. The number of aromatic nitrogens is 2. The largest absolute Gasteiger partial charge is 0.490 e. The zero-order chi connectivity index (χ0) is 32.0. The Kier molecular flexibility index (Phi) is 9.62. The second kappa shape index (κ2) is 13.8. The van der Waals surface area contributed by atoms with Crippen LogP contribution < -0.4 is 15.0 Å². The number of allylic oxidation sites excluding steroid dienone is 1. The lowest BCUT2D eigenvalue weighted by Crippen LogP contribution is -2.43. The van der Waals surface area contributed by atoms with Crippen LogP contribution in [0.1, 0.15) is 23.6 Å². The van der Waals surface area contributed by atoms with E-state index in [1.807, 2.05) is 0 Å². The van der Waals surface area contributed by atoms with Gasteiger partial charge in [-0.3, -0.25) is 9.59 Å². The maximum Gasteiger partial charge on any atom is 0.416 e. The number of carbonyl (C=O) groups excluding carboxylic acids is 1. The molecule has 1 aliphatic heterocycles. The number of amides is 1. The molecule has 0 radical (unpaired) electrons. The Hall–Kier alpha value is -4.97. The first kappa shape index (κ1) is 31.5. The summed E-state index contributed by atoms with van der Waals surface area (Å²) in [5.74, 6) is 0.500. The smallest absolute Gasteiger partial charge is 0.416 e. The van der Waals surface area contributed by atoms with E-state index in [2.05, 4.69) is 16.7 Å². The van der Waals surface area contributed by atoms with Gasteiger partial charge in [0.05, 0.1) is 42.5 Å². The van der Waals surface area contributed by atoms with Crippen molar-refractivity contribution in [1.29, 1.82) is 0 Å². The third kappa shape index (κ3) is 7.23. The maximum absolute atomic E-state index is 13.6. The van der Waals surface area contributed by atoms with E-state index in [0.717, 1.165) is 16.8 Å². The van der Waals surface area contributed by atoms with Crippen molar-refractivity contribution in [3.8, 4) is 22.9 Å². The van der Waals surface area contributed by atoms with Gasteiger partial charge in [0.2, 0.25) is 0 Å². The molecule has 1 aliphatic rings. The molecule has 0 atom stereocenters. The average molecular weight is 621 g/mol. The first-order valence-corrected chi connectivity index (χ1v) is 14.3. The van der Waals surface area contributed by atoms with Crippen molar-refractivity contribution in [3.05, 3.63) is 100 Å². The summed E-state index contributed by atoms with van der Waals surface area (Å²) in [4.78, 5) is 32.5. The van der Waals surface area contributed by atoms with Crippen LogP contribution in [0.4, 0.5) is 13.2 Å². The van der Waals surface area contributed by atoms with Gasteiger partial charge >= 0.3 is 6.18 Å². The topological polar surface area (TPSA) is 95.2 Å². The van der Waals surface area contributed by atoms with E-state index >= 15 is 0 Å². The number of nitrogens with zero attached hydrogens (tertiary/aromatic N) is 4. The summed E-state index contributed by atoms with van der Waals surface area (Å²) in [7, 11) is 0. The number of para-hydroxylation sites is 1. The molecule has 0 bridgehead atoms. The Balaban J connectivity index is 1.55. The van der Waals surface area contributed by atoms with Crippen LogP contribution in [0.25, 0.3) is 22.3 Å². The molecule has 45 heavy (non-hydrogen) atoms. The maximum atomic E-state index is 13.6. The second-order valence-electron chi connectivity index (χ2n) is 10.1. The van der Waals surface area contributed by atoms with E-state index in [9.17, 15) is 22.8 Å². The fourth-order valence-electron chi connectivity index (χ4n) is 4.91. The summed E-state index contributed by atoms with van der Waals surface area (Å²) in [6.45, 7) is 7.64. The van der Waals surface area contributed by atoms with Crippen LogP contribution in [-0.2, 0) is 22.1 Å². The molecular weight excluding hydrogens is 589 g/mol. The van der Waals surface area contributed by atoms with Crippen LogP contribution in [-0.4, -0.2) is 66.2 Å². The molecule has 0 saturated carbocycles. The first-order valence-electron chi connectivity index (χ1n) is 14.3. The van der Waals surface area contributed by atoms with Crippen LogP contribution in [0.5, 0.6) is 11.5 Å². The molecule has 234 valence electrons. The lowest BCUT2D eigenvalue weighted by molar-refractivity contribution is -0.138. The summed E-state index contributed by atoms with van der Waals surface area (Å²) in [5, 5.41) is 4.65. The fraction of sp³-hybridized carbons (Fsp3) is 0.273. The minimum Gasteiger partial charge on any atom is -0.490 e. The SMILES string of the molecule is C=CCc1cc(C=Nn2c(-c3cccc(C(F)(F)F)c3)nc3ccccc3c2=O)cc(OCC)c1OCC(=O)N1CCOCC1. The van der Waals surface area contributed by atoms with Crippen molar-refractivity contribution in [2.45, 2.75) is 19.5 Å². The van der Waals surface area contributed by atoms with E-state index in [1.165, 1.54) is 18.3 Å². The standard InChI is InChI=1S/C33H31F3N4O5/c1-3-8-23-17-22(18-28(44-4-2)30(23)45-21-29(41)39-13-15-43-16-14-39)20-37-40-31(24-9-7-10-25(19-24)33(34,35)36)38-27-12-6-5-11-26(27)32(40)42/h3,5-7,9-12,17-20H,1,4,8,13-16,21H2,2H3. The minimum absolute atomic E-state index is 0.0565. The number of hydrogen-bond donors (Lipinski definition) is 0. The zero-order valence-corrected chi connectivity index (χ0v) is 24.5. The number of morpholine rings is 1. The minimum atomic E-state index is -4.59. The number of hydrogen-bond acceptors (Lipinski definition) is 7. The highest BCUT2D eigenvalue weighted by molar-refractivity contribution is 5.84. The van der Waals surface area contributed by atoms with Crippen molar-refractivity contribution < 1.29 is 32.2 Å². The molecule has 3 aromatic carbocycles. The van der Waals surface area contributed by atoms with Gasteiger partial charge in [-0.15, -0.1) is 6.58 Å².